The second kappa shape index (κ2) is 7.30. The highest BCUT2D eigenvalue weighted by atomic mass is 35.5. The van der Waals surface area contributed by atoms with E-state index >= 15 is 0 Å². The Balaban J connectivity index is 1.68. The summed E-state index contributed by atoms with van der Waals surface area (Å²) in [4.78, 5) is 17.9. The van der Waals surface area contributed by atoms with Gasteiger partial charge in [-0.2, -0.15) is 5.10 Å². The fourth-order valence-corrected chi connectivity index (χ4v) is 4.70. The average Bonchev–Trinajstić information content (AvgIpc) is 2.89. The van der Waals surface area contributed by atoms with E-state index in [1.165, 1.54) is 25.7 Å². The Morgan fingerprint density at radius 1 is 1.03 bits per heavy atom. The number of nitrogens with zero attached hydrogens (tertiary/aromatic N) is 4. The molecule has 0 atom stereocenters. The summed E-state index contributed by atoms with van der Waals surface area (Å²) in [5.74, 6) is 0. The zero-order valence-corrected chi connectivity index (χ0v) is 17.2. The first kappa shape index (κ1) is 18.4. The van der Waals surface area contributed by atoms with Gasteiger partial charge in [0.15, 0.2) is 5.65 Å². The molecule has 0 amide bonds. The van der Waals surface area contributed by atoms with E-state index in [9.17, 15) is 4.79 Å². The third-order valence-electron chi connectivity index (χ3n) is 6.07. The van der Waals surface area contributed by atoms with Gasteiger partial charge in [-0.1, -0.05) is 49.4 Å². The van der Waals surface area contributed by atoms with Crippen molar-refractivity contribution < 1.29 is 0 Å². The monoisotopic (exact) mass is 406 g/mol. The van der Waals surface area contributed by atoms with Gasteiger partial charge in [0, 0.05) is 29.0 Å². The maximum atomic E-state index is 13.3. The molecule has 3 aromatic heterocycles. The van der Waals surface area contributed by atoms with Gasteiger partial charge in [-0.25, -0.2) is 9.50 Å². The molecule has 5 nitrogen and oxygen atoms in total. The molecule has 0 unspecified atom stereocenters. The van der Waals surface area contributed by atoms with Crippen molar-refractivity contribution in [2.24, 2.45) is 0 Å². The van der Waals surface area contributed by atoms with Crippen LogP contribution in [0, 0.1) is 6.92 Å². The Labute approximate surface area is 174 Å². The Hall–Kier alpha value is -2.66. The van der Waals surface area contributed by atoms with Crippen molar-refractivity contribution in [2.45, 2.75) is 51.5 Å². The minimum Gasteiger partial charge on any atom is -0.312 e. The molecule has 1 fully saturated rings. The average molecular weight is 407 g/mol. The Morgan fingerprint density at radius 3 is 2.48 bits per heavy atom. The van der Waals surface area contributed by atoms with Gasteiger partial charge in [0.25, 0.3) is 5.56 Å². The fourth-order valence-electron chi connectivity index (χ4n) is 4.57. The first-order chi connectivity index (χ1) is 14.1. The van der Waals surface area contributed by atoms with Crippen LogP contribution < -0.4 is 5.56 Å². The summed E-state index contributed by atoms with van der Waals surface area (Å²) in [5, 5.41) is 6.03. The molecule has 1 aliphatic carbocycles. The molecule has 1 aliphatic rings. The predicted octanol–water partition coefficient (Wildman–Crippen LogP) is 5.57. The van der Waals surface area contributed by atoms with Crippen molar-refractivity contribution in [3.63, 3.8) is 0 Å². The first-order valence-corrected chi connectivity index (χ1v) is 10.7. The maximum absolute atomic E-state index is 13.3. The van der Waals surface area contributed by atoms with Crippen molar-refractivity contribution >= 4 is 28.2 Å². The van der Waals surface area contributed by atoms with Gasteiger partial charge in [0.05, 0.1) is 16.6 Å². The molecular formula is C23H23ClN4O. The van der Waals surface area contributed by atoms with Gasteiger partial charge >= 0.3 is 0 Å². The molecule has 0 aliphatic heterocycles. The molecule has 0 bridgehead atoms. The number of hydrogen-bond donors (Lipinski definition) is 0. The predicted molar refractivity (Wildman–Crippen MR) is 117 cm³/mol. The molecule has 0 saturated heterocycles. The lowest BCUT2D eigenvalue weighted by Gasteiger charge is -2.18. The van der Waals surface area contributed by atoms with Crippen LogP contribution in [0.4, 0.5) is 0 Å². The number of rotatable bonds is 2. The molecule has 1 aromatic carbocycles. The highest BCUT2D eigenvalue weighted by molar-refractivity contribution is 6.30. The van der Waals surface area contributed by atoms with Crippen LogP contribution in [0.25, 0.3) is 27.7 Å². The van der Waals surface area contributed by atoms with Crippen molar-refractivity contribution in [3.05, 3.63) is 63.8 Å². The fraction of sp³-hybridized carbons (Fsp3) is 0.348. The number of aryl methyl sites for hydroxylation is 1. The van der Waals surface area contributed by atoms with Gasteiger partial charge in [0.2, 0.25) is 0 Å². The molecule has 6 heteroatoms. The van der Waals surface area contributed by atoms with E-state index in [4.69, 9.17) is 16.7 Å². The molecule has 1 saturated carbocycles. The molecule has 3 heterocycles. The van der Waals surface area contributed by atoms with Gasteiger partial charge in [0.1, 0.15) is 0 Å². The lowest BCUT2D eigenvalue weighted by molar-refractivity contribution is 0.434. The highest BCUT2D eigenvalue weighted by Crippen LogP contribution is 2.30. The molecule has 4 aromatic rings. The van der Waals surface area contributed by atoms with Gasteiger partial charge in [-0.05, 0) is 43.5 Å². The summed E-state index contributed by atoms with van der Waals surface area (Å²) in [6.07, 6.45) is 10.7. The molecule has 5 rings (SSSR count). The van der Waals surface area contributed by atoms with Crippen molar-refractivity contribution in [1.29, 1.82) is 0 Å². The lowest BCUT2D eigenvalue weighted by atomic mass is 10.1. The normalized spacial score (nSPS) is 15.8. The van der Waals surface area contributed by atoms with E-state index in [2.05, 4.69) is 4.98 Å². The maximum Gasteiger partial charge on any atom is 0.261 e. The number of aromatic nitrogens is 4. The standard InChI is InChI=1S/C23H23ClN4O/c1-15-21(16-8-10-17(24)11-9-16)22-25-14-19-20(28(22)26-15)12-13-27(23(19)29)18-6-4-2-3-5-7-18/h8-14,18H,2-7H2,1H3. The largest absolute Gasteiger partial charge is 0.312 e. The quantitative estimate of drug-likeness (QED) is 0.409. The molecule has 0 spiro atoms. The van der Waals surface area contributed by atoms with E-state index in [0.717, 1.165) is 40.8 Å². The summed E-state index contributed by atoms with van der Waals surface area (Å²) in [6.45, 7) is 1.97. The van der Waals surface area contributed by atoms with E-state index in [1.54, 1.807) is 10.7 Å². The van der Waals surface area contributed by atoms with E-state index in [1.807, 2.05) is 48.0 Å². The lowest BCUT2D eigenvalue weighted by Crippen LogP contribution is -2.24. The summed E-state index contributed by atoms with van der Waals surface area (Å²) in [5.41, 5.74) is 4.44. The zero-order chi connectivity index (χ0) is 20.0. The minimum atomic E-state index is 0.0324. The molecule has 0 radical (unpaired) electrons. The van der Waals surface area contributed by atoms with Crippen LogP contribution in [0.1, 0.15) is 50.3 Å². The van der Waals surface area contributed by atoms with Gasteiger partial charge in [-0.15, -0.1) is 0 Å². The third-order valence-corrected chi connectivity index (χ3v) is 6.32. The van der Waals surface area contributed by atoms with Crippen LogP contribution in [0.15, 0.2) is 47.5 Å². The number of pyridine rings is 1. The van der Waals surface area contributed by atoms with Crippen LogP contribution in [-0.4, -0.2) is 19.2 Å². The van der Waals surface area contributed by atoms with Crippen molar-refractivity contribution in [3.8, 4) is 11.1 Å². The Kier molecular flexibility index (Phi) is 4.63. The molecule has 148 valence electrons. The summed E-state index contributed by atoms with van der Waals surface area (Å²) in [7, 11) is 0. The Bertz CT molecular complexity index is 1250. The number of halogens is 1. The molecular weight excluding hydrogens is 384 g/mol. The minimum absolute atomic E-state index is 0.0324. The Morgan fingerprint density at radius 2 is 1.76 bits per heavy atom. The van der Waals surface area contributed by atoms with E-state index in [0.29, 0.717) is 10.4 Å². The highest BCUT2D eigenvalue weighted by Gasteiger charge is 2.19. The first-order valence-electron chi connectivity index (χ1n) is 10.3. The van der Waals surface area contributed by atoms with Crippen molar-refractivity contribution in [1.82, 2.24) is 19.2 Å². The second-order valence-corrected chi connectivity index (χ2v) is 8.37. The summed E-state index contributed by atoms with van der Waals surface area (Å²) in [6, 6.07) is 9.98. The number of hydrogen-bond acceptors (Lipinski definition) is 3. The van der Waals surface area contributed by atoms with E-state index in [-0.39, 0.29) is 11.6 Å². The van der Waals surface area contributed by atoms with Crippen LogP contribution in [-0.2, 0) is 0 Å². The topological polar surface area (TPSA) is 52.2 Å². The SMILES string of the molecule is Cc1nn2c(ncc3c(=O)n(C4CCCCCC4)ccc32)c1-c1ccc(Cl)cc1. The van der Waals surface area contributed by atoms with Gasteiger partial charge < -0.3 is 4.57 Å². The second-order valence-electron chi connectivity index (χ2n) is 7.93. The number of benzene rings is 1. The smallest absolute Gasteiger partial charge is 0.261 e. The van der Waals surface area contributed by atoms with Crippen LogP contribution in [0.2, 0.25) is 5.02 Å². The number of fused-ring (bicyclic) bond motifs is 3. The van der Waals surface area contributed by atoms with Crippen LogP contribution in [0.5, 0.6) is 0 Å². The van der Waals surface area contributed by atoms with E-state index < -0.39 is 0 Å². The van der Waals surface area contributed by atoms with Crippen LogP contribution >= 0.6 is 11.6 Å². The third kappa shape index (κ3) is 3.14. The van der Waals surface area contributed by atoms with Crippen molar-refractivity contribution in [2.75, 3.05) is 0 Å². The summed E-state index contributed by atoms with van der Waals surface area (Å²) < 4.78 is 3.71. The molecule has 29 heavy (non-hydrogen) atoms. The van der Waals surface area contributed by atoms with Gasteiger partial charge in [-0.3, -0.25) is 4.79 Å². The summed E-state index contributed by atoms with van der Waals surface area (Å²) >= 11 is 6.04. The molecule has 0 N–H and O–H groups in total. The zero-order valence-electron chi connectivity index (χ0n) is 16.4. The van der Waals surface area contributed by atoms with Crippen LogP contribution in [0.3, 0.4) is 0 Å².